The van der Waals surface area contributed by atoms with Crippen LogP contribution in [0.5, 0.6) is 0 Å². The molecule has 0 bridgehead atoms. The molecule has 1 aliphatic heterocycles. The lowest BCUT2D eigenvalue weighted by molar-refractivity contribution is -0.844. The van der Waals surface area contributed by atoms with E-state index in [-0.39, 0.29) is 5.41 Å². The predicted octanol–water partition coefficient (Wildman–Crippen LogP) is 3.49. The molecule has 1 fully saturated rings. The van der Waals surface area contributed by atoms with Gasteiger partial charge in [-0.3, -0.25) is 0 Å². The van der Waals surface area contributed by atoms with E-state index in [1.165, 1.54) is 5.57 Å². The quantitative estimate of drug-likeness (QED) is 0.689. The molecule has 3 heteroatoms. The number of rotatable bonds is 3. The minimum absolute atomic E-state index is 0.00333. The molecule has 0 aromatic heterocycles. The van der Waals surface area contributed by atoms with Crippen molar-refractivity contribution in [2.45, 2.75) is 53.1 Å². The molecule has 0 amide bonds. The molecule has 0 saturated carbocycles. The summed E-state index contributed by atoms with van der Waals surface area (Å²) < 4.78 is 0. The van der Waals surface area contributed by atoms with Gasteiger partial charge in [0.1, 0.15) is 0 Å². The maximum atomic E-state index is 11.5. The molecule has 1 rings (SSSR count). The Morgan fingerprint density at radius 2 is 2.00 bits per heavy atom. The fourth-order valence-electron chi connectivity index (χ4n) is 2.18. The summed E-state index contributed by atoms with van der Waals surface area (Å²) in [6, 6.07) is 0. The number of hydrogen-bond acceptors (Lipinski definition) is 2. The van der Waals surface area contributed by atoms with Crippen molar-refractivity contribution < 1.29 is 9.76 Å². The summed E-state index contributed by atoms with van der Waals surface area (Å²) >= 11 is 0. The Morgan fingerprint density at radius 3 is 2.50 bits per heavy atom. The van der Waals surface area contributed by atoms with Gasteiger partial charge in [-0.2, -0.15) is 0 Å². The first-order valence-corrected chi connectivity index (χ1v) is 5.95. The molecule has 3 nitrogen and oxygen atoms in total. The van der Waals surface area contributed by atoms with Crippen LogP contribution in [0, 0.1) is 16.2 Å². The summed E-state index contributed by atoms with van der Waals surface area (Å²) in [6.07, 6.45) is 1.99. The zero-order chi connectivity index (χ0) is 12.6. The second kappa shape index (κ2) is 4.19. The van der Waals surface area contributed by atoms with Gasteiger partial charge in [0.15, 0.2) is 5.60 Å². The van der Waals surface area contributed by atoms with Gasteiger partial charge in [0, 0.05) is 11.3 Å². The fourth-order valence-corrected chi connectivity index (χ4v) is 2.18. The van der Waals surface area contributed by atoms with Crippen molar-refractivity contribution in [2.24, 2.45) is 11.3 Å². The maximum Gasteiger partial charge on any atom is 0.251 e. The van der Waals surface area contributed by atoms with Gasteiger partial charge in [0.25, 0.3) is 6.54 Å². The molecule has 1 unspecified atom stereocenters. The monoisotopic (exact) mass is 226 g/mol. The Balaban J connectivity index is 2.81. The van der Waals surface area contributed by atoms with Gasteiger partial charge >= 0.3 is 0 Å². The first-order valence-electron chi connectivity index (χ1n) is 5.95. The largest absolute Gasteiger partial charge is 0.251 e. The molecular formula is C13H24NO2+. The summed E-state index contributed by atoms with van der Waals surface area (Å²) in [6.45, 7) is 14.8. The number of allylic oxidation sites excluding steroid dienone is 1. The van der Waals surface area contributed by atoms with Crippen LogP contribution in [-0.2, 0) is 4.84 Å². The molecule has 0 radical (unpaired) electrons. The van der Waals surface area contributed by atoms with E-state index in [4.69, 9.17) is 4.84 Å². The highest BCUT2D eigenvalue weighted by Crippen LogP contribution is 2.45. The van der Waals surface area contributed by atoms with E-state index in [1.807, 2.05) is 20.8 Å². The Kier molecular flexibility index (Phi) is 3.46. The predicted molar refractivity (Wildman–Crippen MR) is 65.0 cm³/mol. The van der Waals surface area contributed by atoms with E-state index in [9.17, 15) is 4.91 Å². The fraction of sp³-hybridized carbons (Fsp3) is 0.846. The second-order valence-corrected chi connectivity index (χ2v) is 6.03. The van der Waals surface area contributed by atoms with Gasteiger partial charge in [-0.15, -0.1) is 6.58 Å². The molecule has 1 atom stereocenters. The lowest BCUT2D eigenvalue weighted by Gasteiger charge is -2.44. The van der Waals surface area contributed by atoms with Gasteiger partial charge in [-0.05, 0) is 33.6 Å². The van der Waals surface area contributed by atoms with Crippen molar-refractivity contribution in [1.29, 1.82) is 0 Å². The molecule has 0 aromatic carbocycles. The normalized spacial score (nSPS) is 27.3. The Morgan fingerprint density at radius 1 is 1.44 bits per heavy atom. The van der Waals surface area contributed by atoms with Crippen LogP contribution in [0.15, 0.2) is 12.2 Å². The highest BCUT2D eigenvalue weighted by Gasteiger charge is 2.55. The zero-order valence-corrected chi connectivity index (χ0v) is 11.2. The Bertz CT molecular complexity index is 305. The van der Waals surface area contributed by atoms with Crippen LogP contribution in [0.4, 0.5) is 0 Å². The van der Waals surface area contributed by atoms with Gasteiger partial charge < -0.3 is 0 Å². The minimum Gasteiger partial charge on any atom is -0.226 e. The van der Waals surface area contributed by atoms with Crippen LogP contribution in [0.2, 0.25) is 0 Å². The van der Waals surface area contributed by atoms with E-state index in [0.717, 1.165) is 17.8 Å². The first-order chi connectivity index (χ1) is 7.17. The molecule has 0 spiro atoms. The van der Waals surface area contributed by atoms with E-state index >= 15 is 0 Å². The average molecular weight is 226 g/mol. The number of nitrogens with zero attached hydrogens (tertiary/aromatic N) is 1. The van der Waals surface area contributed by atoms with Crippen molar-refractivity contribution in [3.8, 4) is 0 Å². The van der Waals surface area contributed by atoms with Gasteiger partial charge in [-0.1, -0.05) is 19.4 Å². The van der Waals surface area contributed by atoms with Crippen LogP contribution in [0.25, 0.3) is 0 Å². The van der Waals surface area contributed by atoms with Crippen molar-refractivity contribution >= 4 is 0 Å². The maximum absolute atomic E-state index is 11.5. The summed E-state index contributed by atoms with van der Waals surface area (Å²) in [5.41, 5.74) is 0.772. The van der Waals surface area contributed by atoms with Gasteiger partial charge in [-0.25, -0.2) is 4.84 Å². The molecule has 0 aromatic rings. The molecule has 1 heterocycles. The van der Waals surface area contributed by atoms with Crippen molar-refractivity contribution in [3.63, 3.8) is 0 Å². The van der Waals surface area contributed by atoms with Crippen LogP contribution in [-0.4, -0.2) is 17.1 Å². The standard InChI is InChI=1S/C13H24NO2/c1-10(2)7-8-11-9-14(15)16-13(5,6)12(11,3)4/h11H,1,7-9H2,2-6H3/q+1. The highest BCUT2D eigenvalue weighted by atomic mass is 16.8. The Hall–Kier alpha value is -0.860. The molecule has 0 N–H and O–H groups in total. The van der Waals surface area contributed by atoms with Crippen LogP contribution < -0.4 is 0 Å². The van der Waals surface area contributed by atoms with Crippen molar-refractivity contribution in [3.05, 3.63) is 17.1 Å². The molecular weight excluding hydrogens is 202 g/mol. The summed E-state index contributed by atoms with van der Waals surface area (Å²) in [7, 11) is 0. The molecule has 1 saturated heterocycles. The second-order valence-electron chi connectivity index (χ2n) is 6.03. The topological polar surface area (TPSA) is 29.3 Å². The van der Waals surface area contributed by atoms with E-state index in [2.05, 4.69) is 20.4 Å². The third kappa shape index (κ3) is 2.45. The van der Waals surface area contributed by atoms with E-state index in [0.29, 0.717) is 12.5 Å². The molecule has 92 valence electrons. The molecule has 1 aliphatic rings. The van der Waals surface area contributed by atoms with Crippen LogP contribution >= 0.6 is 0 Å². The highest BCUT2D eigenvalue weighted by molar-refractivity contribution is 4.96. The third-order valence-electron chi connectivity index (χ3n) is 4.19. The van der Waals surface area contributed by atoms with Crippen molar-refractivity contribution in [1.82, 2.24) is 0 Å². The van der Waals surface area contributed by atoms with E-state index < -0.39 is 5.60 Å². The average Bonchev–Trinajstić information content (AvgIpc) is 2.08. The SMILES string of the molecule is C=C(C)CCC1C[N+](=O)OC(C)(C)C1(C)C. The summed E-state index contributed by atoms with van der Waals surface area (Å²) in [5, 5.41) is 0. The third-order valence-corrected chi connectivity index (χ3v) is 4.19. The minimum atomic E-state index is -0.410. The lowest BCUT2D eigenvalue weighted by atomic mass is 9.65. The zero-order valence-electron chi connectivity index (χ0n) is 11.2. The van der Waals surface area contributed by atoms with Crippen molar-refractivity contribution in [2.75, 3.05) is 6.54 Å². The summed E-state index contributed by atoms with van der Waals surface area (Å²) in [5.74, 6) is 0.352. The molecule has 0 aliphatic carbocycles. The van der Waals surface area contributed by atoms with Gasteiger partial charge in [0.05, 0.1) is 4.91 Å². The Labute approximate surface area is 98.4 Å². The van der Waals surface area contributed by atoms with E-state index in [1.54, 1.807) is 0 Å². The van der Waals surface area contributed by atoms with Crippen LogP contribution in [0.1, 0.15) is 47.5 Å². The van der Waals surface area contributed by atoms with Crippen LogP contribution in [0.3, 0.4) is 0 Å². The smallest absolute Gasteiger partial charge is 0.226 e. The first kappa shape index (κ1) is 13.2. The number of hydrogen-bond donors (Lipinski definition) is 0. The lowest BCUT2D eigenvalue weighted by Crippen LogP contribution is -2.55. The summed E-state index contributed by atoms with van der Waals surface area (Å²) in [4.78, 5) is 17.6. The molecule has 16 heavy (non-hydrogen) atoms. The van der Waals surface area contributed by atoms with Gasteiger partial charge in [0.2, 0.25) is 4.92 Å².